The average Bonchev–Trinajstić information content (AvgIpc) is 4.06. The van der Waals surface area contributed by atoms with E-state index in [4.69, 9.17) is 0 Å². The first kappa shape index (κ1) is 60.7. The Bertz CT molecular complexity index is 2440. The Labute approximate surface area is 502 Å². The van der Waals surface area contributed by atoms with E-state index in [-0.39, 0.29) is 23.0 Å². The summed E-state index contributed by atoms with van der Waals surface area (Å²) >= 11 is 18.2. The SMILES string of the molecule is CC1CC2C(CCCCS(=O)(=O)O)C3CC(C4CC5C(CCCCS(=O)(=O)[O-])C6CC(C7CC8C(CCCCS(=O)(=O)O)C9CC(C%10CC%11C(CCCCS(=O)(=O)[O-])C%12CC(C)SC%12C%11S%10)SC9C8S7)SC6C5S4)SC3C2S1. The van der Waals surface area contributed by atoms with Crippen molar-refractivity contribution in [1.29, 1.82) is 0 Å². The zero-order chi connectivity index (χ0) is 54.8. The monoisotopic (exact) mass is 1310 g/mol. The minimum atomic E-state index is -4.26. The van der Waals surface area contributed by atoms with Crippen LogP contribution in [0.15, 0.2) is 0 Å². The topological polar surface area (TPSA) is 223 Å². The molecule has 28 atom stereocenters. The summed E-state index contributed by atoms with van der Waals surface area (Å²) < 4.78 is 136. The maximum atomic E-state index is 11.9. The number of unbranched alkanes of at least 4 members (excludes halogenated alkanes) is 4. The van der Waals surface area contributed by atoms with Gasteiger partial charge >= 0.3 is 0 Å². The minimum absolute atomic E-state index is 0.152. The standard InChI is InChI=1S/C54H86O12S12/c1-27-19-33-29(11-3-7-15-75(55,56)57)35-21-41(69-49(35)47(33)67-27)43-23-37-31(13-5-9-17-77(61,62)63)39-25-45(73-53(39)51(37)71-43)46-26-40-32(14-6-10-18-78(64,65)66)38-24-44(72-52(38)54(40)74-46)42-22-36-30(12-4-8-16-76(58,59)60)34-20-28(2)68-48(34)50(36)70-42/h27-54H,3-26H2,1-2H3,(H,55,56,57)(H,58,59,60)(H,61,62,63)(H,64,65,66)/p-2. The van der Waals surface area contributed by atoms with Gasteiger partial charge in [0.2, 0.25) is 0 Å². The van der Waals surface area contributed by atoms with Crippen LogP contribution >= 0.6 is 94.1 Å². The smallest absolute Gasteiger partial charge is 0.264 e. The molecule has 4 saturated carbocycles. The van der Waals surface area contributed by atoms with Crippen LogP contribution in [-0.2, 0) is 40.5 Å². The van der Waals surface area contributed by atoms with Gasteiger partial charge in [-0.1, -0.05) is 39.5 Å². The van der Waals surface area contributed by atoms with Crippen LogP contribution in [0.25, 0.3) is 0 Å². The zero-order valence-electron chi connectivity index (χ0n) is 45.0. The van der Waals surface area contributed by atoms with Gasteiger partial charge in [-0.15, -0.1) is 0 Å². The molecule has 28 unspecified atom stereocenters. The molecule has 446 valence electrons. The molecule has 0 aromatic carbocycles. The van der Waals surface area contributed by atoms with E-state index in [2.05, 4.69) is 108 Å². The molecule has 12 rings (SSSR count). The molecule has 8 aliphatic heterocycles. The first-order valence-corrected chi connectivity index (χ1v) is 43.9. The molecular weight excluding hydrogens is 1230 g/mol. The minimum Gasteiger partial charge on any atom is -0.748 e. The van der Waals surface area contributed by atoms with Gasteiger partial charge in [-0.2, -0.15) is 111 Å². The molecule has 24 heteroatoms. The fourth-order valence-corrected chi connectivity index (χ4v) is 39.2. The molecule has 0 aromatic heterocycles. The molecule has 0 aromatic rings. The molecule has 12 aliphatic rings. The number of hydrogen-bond donors (Lipinski definition) is 2. The van der Waals surface area contributed by atoms with E-state index in [1.54, 1.807) is 0 Å². The van der Waals surface area contributed by atoms with Crippen molar-refractivity contribution in [2.24, 2.45) is 71.0 Å². The van der Waals surface area contributed by atoms with Gasteiger partial charge < -0.3 is 9.11 Å². The predicted octanol–water partition coefficient (Wildman–Crippen LogP) is 11.0. The molecule has 0 spiro atoms. The lowest BCUT2D eigenvalue weighted by Gasteiger charge is -2.28. The van der Waals surface area contributed by atoms with Crippen LogP contribution in [0.4, 0.5) is 0 Å². The van der Waals surface area contributed by atoms with Crippen LogP contribution in [0, 0.1) is 71.0 Å². The van der Waals surface area contributed by atoms with Gasteiger partial charge in [-0.25, -0.2) is 16.8 Å². The van der Waals surface area contributed by atoms with E-state index in [0.717, 1.165) is 51.4 Å². The lowest BCUT2D eigenvalue weighted by atomic mass is 9.78. The van der Waals surface area contributed by atoms with Crippen LogP contribution < -0.4 is 0 Å². The molecule has 12 fully saturated rings. The highest BCUT2D eigenvalue weighted by Gasteiger charge is 2.66. The summed E-state index contributed by atoms with van der Waals surface area (Å²) in [5.41, 5.74) is 0. The lowest BCUT2D eigenvalue weighted by molar-refractivity contribution is 0.253. The highest BCUT2D eigenvalue weighted by Crippen LogP contribution is 2.72. The van der Waals surface area contributed by atoms with E-state index >= 15 is 0 Å². The van der Waals surface area contributed by atoms with Crippen molar-refractivity contribution < 1.29 is 51.9 Å². The summed E-state index contributed by atoms with van der Waals surface area (Å²) in [5.74, 6) is 6.59. The summed E-state index contributed by atoms with van der Waals surface area (Å²) in [5, 5.41) is 9.80. The van der Waals surface area contributed by atoms with Crippen LogP contribution in [0.1, 0.15) is 142 Å². The molecule has 8 saturated heterocycles. The molecule has 12 nitrogen and oxygen atoms in total. The van der Waals surface area contributed by atoms with Crippen LogP contribution in [0.2, 0.25) is 0 Å². The quantitative estimate of drug-likeness (QED) is 0.0717. The molecule has 8 heterocycles. The summed E-state index contributed by atoms with van der Waals surface area (Å²) in [6, 6.07) is 0. The molecule has 2 N–H and O–H groups in total. The summed E-state index contributed by atoms with van der Waals surface area (Å²) in [6.07, 6.45) is 19.1. The Morgan fingerprint density at radius 1 is 0.321 bits per heavy atom. The Morgan fingerprint density at radius 2 is 0.526 bits per heavy atom. The first-order chi connectivity index (χ1) is 36.9. The zero-order valence-corrected chi connectivity index (χ0v) is 54.8. The third-order valence-corrected chi connectivity index (χ3v) is 40.6. The first-order valence-electron chi connectivity index (χ1n) is 29.9. The fourth-order valence-electron chi connectivity index (χ4n) is 19.4. The van der Waals surface area contributed by atoms with Gasteiger partial charge in [0.05, 0.1) is 31.7 Å². The van der Waals surface area contributed by atoms with Gasteiger partial charge in [0.1, 0.15) is 0 Å². The van der Waals surface area contributed by atoms with E-state index in [1.165, 1.54) is 51.4 Å². The van der Waals surface area contributed by atoms with Crippen molar-refractivity contribution in [3.05, 3.63) is 0 Å². The number of fused-ring (bicyclic) bond motifs is 12. The van der Waals surface area contributed by atoms with E-state index in [9.17, 15) is 51.9 Å². The van der Waals surface area contributed by atoms with Crippen molar-refractivity contribution in [3.63, 3.8) is 0 Å². The van der Waals surface area contributed by atoms with Crippen molar-refractivity contribution in [1.82, 2.24) is 0 Å². The third kappa shape index (κ3) is 13.0. The van der Waals surface area contributed by atoms with Gasteiger partial charge in [-0.05, 0) is 174 Å². The van der Waals surface area contributed by atoms with Crippen LogP contribution in [-0.4, -0.2) is 159 Å². The van der Waals surface area contributed by atoms with E-state index in [1.807, 2.05) is 0 Å². The maximum absolute atomic E-state index is 11.9. The van der Waals surface area contributed by atoms with Crippen molar-refractivity contribution in [3.8, 4) is 0 Å². The number of thioether (sulfide) groups is 8. The van der Waals surface area contributed by atoms with Gasteiger partial charge in [-0.3, -0.25) is 9.11 Å². The Kier molecular flexibility index (Phi) is 18.8. The van der Waals surface area contributed by atoms with Gasteiger partial charge in [0, 0.05) is 95.5 Å². The Hall–Kier alpha value is 2.44. The summed E-state index contributed by atoms with van der Waals surface area (Å²) in [7, 11) is -16.4. The van der Waals surface area contributed by atoms with Gasteiger partial charge in [0.25, 0.3) is 20.2 Å². The Morgan fingerprint density at radius 3 is 0.744 bits per heavy atom. The third-order valence-electron chi connectivity index (χ3n) is 22.1. The summed E-state index contributed by atoms with van der Waals surface area (Å²) in [4.78, 5) is 0. The van der Waals surface area contributed by atoms with E-state index in [0.29, 0.717) is 181 Å². The lowest BCUT2D eigenvalue weighted by Crippen LogP contribution is -2.26. The highest BCUT2D eigenvalue weighted by atomic mass is 32.2. The normalized spacial score (nSPS) is 49.1. The van der Waals surface area contributed by atoms with Crippen molar-refractivity contribution in [2.75, 3.05) is 23.0 Å². The molecule has 4 aliphatic carbocycles. The second-order valence-corrected chi connectivity index (χ2v) is 44.6. The molecular formula is C54H84O12S12-2. The Balaban J connectivity index is 0.720. The second kappa shape index (κ2) is 24.1. The number of hydrogen-bond acceptors (Lipinski definition) is 18. The van der Waals surface area contributed by atoms with Crippen molar-refractivity contribution >= 4 is 135 Å². The average molecular weight is 1310 g/mol. The fraction of sp³-hybridized carbons (Fsp3) is 1.00. The van der Waals surface area contributed by atoms with Crippen LogP contribution in [0.3, 0.4) is 0 Å². The second-order valence-electron chi connectivity index (χ2n) is 26.6. The van der Waals surface area contributed by atoms with Crippen LogP contribution in [0.5, 0.6) is 0 Å². The predicted molar refractivity (Wildman–Crippen MR) is 329 cm³/mol. The molecule has 0 bridgehead atoms. The van der Waals surface area contributed by atoms with Crippen molar-refractivity contribution in [2.45, 2.75) is 226 Å². The summed E-state index contributed by atoms with van der Waals surface area (Å²) in [6.45, 7) is 4.75. The molecule has 0 amide bonds. The largest absolute Gasteiger partial charge is 0.748 e. The highest BCUT2D eigenvalue weighted by molar-refractivity contribution is 8.09. The van der Waals surface area contributed by atoms with E-state index < -0.39 is 40.5 Å². The molecule has 0 radical (unpaired) electrons. The number of rotatable bonds is 23. The van der Waals surface area contributed by atoms with Gasteiger partial charge in [0.15, 0.2) is 0 Å². The molecule has 78 heavy (non-hydrogen) atoms. The maximum Gasteiger partial charge on any atom is 0.264 e.